The first-order valence-corrected chi connectivity index (χ1v) is 9.50. The highest BCUT2D eigenvalue weighted by molar-refractivity contribution is 5.92. The maximum atomic E-state index is 12.6. The van der Waals surface area contributed by atoms with Gasteiger partial charge in [0.2, 0.25) is 11.8 Å². The van der Waals surface area contributed by atoms with Gasteiger partial charge in [-0.3, -0.25) is 14.4 Å². The van der Waals surface area contributed by atoms with Crippen LogP contribution in [0.25, 0.3) is 0 Å². The molecular formula is C20H29N3O6. The average molecular weight is 407 g/mol. The Kier molecular flexibility index (Phi) is 9.81. The number of nitrogens with two attached hydrogens (primary N) is 1. The van der Waals surface area contributed by atoms with E-state index < -0.39 is 41.9 Å². The number of benzene rings is 1. The molecule has 1 aromatic carbocycles. The summed E-state index contributed by atoms with van der Waals surface area (Å²) in [4.78, 5) is 47.4. The molecule has 1 rings (SSSR count). The van der Waals surface area contributed by atoms with Crippen molar-refractivity contribution in [3.8, 4) is 0 Å². The van der Waals surface area contributed by atoms with Crippen molar-refractivity contribution in [3.63, 3.8) is 0 Å². The first-order chi connectivity index (χ1) is 13.6. The SMILES string of the molecule is CC[C@H](C)[C@H](N)C(=O)N[C@@H](CCC(=O)O)C(=O)N[C@@H](Cc1ccccc1)C(=O)O. The van der Waals surface area contributed by atoms with Gasteiger partial charge in [-0.05, 0) is 17.9 Å². The maximum Gasteiger partial charge on any atom is 0.326 e. The number of rotatable bonds is 12. The van der Waals surface area contributed by atoms with Crippen LogP contribution in [0.2, 0.25) is 0 Å². The smallest absolute Gasteiger partial charge is 0.326 e. The maximum absolute atomic E-state index is 12.6. The number of hydrogen-bond donors (Lipinski definition) is 5. The van der Waals surface area contributed by atoms with Crippen LogP contribution in [0.15, 0.2) is 30.3 Å². The second kappa shape index (κ2) is 11.8. The van der Waals surface area contributed by atoms with Crippen molar-refractivity contribution in [1.82, 2.24) is 10.6 Å². The van der Waals surface area contributed by atoms with E-state index in [0.29, 0.717) is 12.0 Å². The van der Waals surface area contributed by atoms with E-state index in [2.05, 4.69) is 10.6 Å². The summed E-state index contributed by atoms with van der Waals surface area (Å²) in [5, 5.41) is 23.2. The molecule has 0 heterocycles. The van der Waals surface area contributed by atoms with Crippen LogP contribution in [0, 0.1) is 5.92 Å². The van der Waals surface area contributed by atoms with Crippen LogP contribution in [0.4, 0.5) is 0 Å². The predicted octanol–water partition coefficient (Wildman–Crippen LogP) is 0.522. The Morgan fingerprint density at radius 3 is 2.10 bits per heavy atom. The summed E-state index contributed by atoms with van der Waals surface area (Å²) < 4.78 is 0. The van der Waals surface area contributed by atoms with Crippen molar-refractivity contribution in [1.29, 1.82) is 0 Å². The third-order valence-electron chi connectivity index (χ3n) is 4.74. The fourth-order valence-electron chi connectivity index (χ4n) is 2.64. The van der Waals surface area contributed by atoms with E-state index in [1.54, 1.807) is 37.3 Å². The van der Waals surface area contributed by atoms with Crippen LogP contribution < -0.4 is 16.4 Å². The summed E-state index contributed by atoms with van der Waals surface area (Å²) in [5.74, 6) is -3.86. The summed E-state index contributed by atoms with van der Waals surface area (Å²) in [6.07, 6.45) is 0.151. The highest BCUT2D eigenvalue weighted by atomic mass is 16.4. The number of carboxylic acid groups (broad SMARTS) is 2. The van der Waals surface area contributed by atoms with Crippen molar-refractivity contribution in [2.24, 2.45) is 11.7 Å². The van der Waals surface area contributed by atoms with Gasteiger partial charge in [-0.25, -0.2) is 4.79 Å². The monoisotopic (exact) mass is 407 g/mol. The molecule has 0 saturated heterocycles. The van der Waals surface area contributed by atoms with Gasteiger partial charge in [-0.1, -0.05) is 50.6 Å². The van der Waals surface area contributed by atoms with Gasteiger partial charge in [0.1, 0.15) is 12.1 Å². The molecule has 160 valence electrons. The van der Waals surface area contributed by atoms with Crippen molar-refractivity contribution in [3.05, 3.63) is 35.9 Å². The molecule has 9 heteroatoms. The molecule has 1 aromatic rings. The number of hydrogen-bond acceptors (Lipinski definition) is 5. The zero-order chi connectivity index (χ0) is 22.0. The second-order valence-electron chi connectivity index (χ2n) is 6.99. The Morgan fingerprint density at radius 1 is 1.00 bits per heavy atom. The van der Waals surface area contributed by atoms with E-state index in [1.165, 1.54) is 0 Å². The minimum absolute atomic E-state index is 0.0495. The summed E-state index contributed by atoms with van der Waals surface area (Å²) in [7, 11) is 0. The molecule has 0 bridgehead atoms. The molecule has 2 amide bonds. The van der Waals surface area contributed by atoms with Crippen molar-refractivity contribution < 1.29 is 29.4 Å². The molecular weight excluding hydrogens is 378 g/mol. The Balaban J connectivity index is 2.88. The third-order valence-corrected chi connectivity index (χ3v) is 4.74. The fraction of sp³-hybridized carbons (Fsp3) is 0.500. The molecule has 0 aliphatic rings. The van der Waals surface area contributed by atoms with E-state index in [1.807, 2.05) is 6.92 Å². The Bertz CT molecular complexity index is 709. The van der Waals surface area contributed by atoms with Gasteiger partial charge in [0.25, 0.3) is 0 Å². The lowest BCUT2D eigenvalue weighted by Gasteiger charge is -2.24. The number of nitrogens with one attached hydrogen (secondary N) is 2. The molecule has 0 aromatic heterocycles. The van der Waals surface area contributed by atoms with Crippen LogP contribution in [0.3, 0.4) is 0 Å². The highest BCUT2D eigenvalue weighted by Gasteiger charge is 2.29. The summed E-state index contributed by atoms with van der Waals surface area (Å²) in [6.45, 7) is 3.66. The normalized spacial score (nSPS) is 14.9. The van der Waals surface area contributed by atoms with E-state index >= 15 is 0 Å². The molecule has 0 spiro atoms. The first-order valence-electron chi connectivity index (χ1n) is 9.50. The summed E-state index contributed by atoms with van der Waals surface area (Å²) in [5.41, 5.74) is 6.59. The average Bonchev–Trinajstić information content (AvgIpc) is 2.69. The molecule has 0 radical (unpaired) electrons. The van der Waals surface area contributed by atoms with Crippen molar-refractivity contribution in [2.45, 2.75) is 57.7 Å². The molecule has 29 heavy (non-hydrogen) atoms. The highest BCUT2D eigenvalue weighted by Crippen LogP contribution is 2.08. The van der Waals surface area contributed by atoms with Crippen LogP contribution in [-0.2, 0) is 25.6 Å². The Hall–Kier alpha value is -2.94. The van der Waals surface area contributed by atoms with Gasteiger partial charge in [0.15, 0.2) is 0 Å². The lowest BCUT2D eigenvalue weighted by molar-refractivity contribution is -0.143. The second-order valence-corrected chi connectivity index (χ2v) is 6.99. The number of carbonyl (C=O) groups is 4. The topological polar surface area (TPSA) is 159 Å². The summed E-state index contributed by atoms with van der Waals surface area (Å²) in [6, 6.07) is 5.47. The van der Waals surface area contributed by atoms with Crippen molar-refractivity contribution >= 4 is 23.8 Å². The zero-order valence-electron chi connectivity index (χ0n) is 16.6. The Labute approximate surface area is 169 Å². The molecule has 9 nitrogen and oxygen atoms in total. The van der Waals surface area contributed by atoms with Crippen LogP contribution in [0.1, 0.15) is 38.7 Å². The zero-order valence-corrected chi connectivity index (χ0v) is 16.6. The molecule has 6 N–H and O–H groups in total. The lowest BCUT2D eigenvalue weighted by Crippen LogP contribution is -2.55. The largest absolute Gasteiger partial charge is 0.481 e. The van der Waals surface area contributed by atoms with Gasteiger partial charge < -0.3 is 26.6 Å². The first kappa shape index (κ1) is 24.1. The van der Waals surface area contributed by atoms with E-state index in [-0.39, 0.29) is 25.2 Å². The quantitative estimate of drug-likeness (QED) is 0.338. The molecule has 0 fully saturated rings. The molecule has 4 atom stereocenters. The fourth-order valence-corrected chi connectivity index (χ4v) is 2.64. The van der Waals surface area contributed by atoms with Crippen LogP contribution in [0.5, 0.6) is 0 Å². The van der Waals surface area contributed by atoms with E-state index in [9.17, 15) is 24.3 Å². The molecule has 0 aliphatic carbocycles. The minimum Gasteiger partial charge on any atom is -0.481 e. The van der Waals surface area contributed by atoms with Gasteiger partial charge >= 0.3 is 11.9 Å². The van der Waals surface area contributed by atoms with E-state index in [0.717, 1.165) is 0 Å². The number of carboxylic acids is 2. The van der Waals surface area contributed by atoms with Gasteiger partial charge in [0.05, 0.1) is 6.04 Å². The van der Waals surface area contributed by atoms with Gasteiger partial charge in [-0.15, -0.1) is 0 Å². The van der Waals surface area contributed by atoms with Crippen LogP contribution in [-0.4, -0.2) is 52.1 Å². The lowest BCUT2D eigenvalue weighted by atomic mass is 9.98. The van der Waals surface area contributed by atoms with Gasteiger partial charge in [0, 0.05) is 12.8 Å². The van der Waals surface area contributed by atoms with E-state index in [4.69, 9.17) is 10.8 Å². The van der Waals surface area contributed by atoms with Gasteiger partial charge in [-0.2, -0.15) is 0 Å². The molecule has 0 unspecified atom stereocenters. The molecule has 0 aliphatic heterocycles. The number of aliphatic carboxylic acids is 2. The van der Waals surface area contributed by atoms with Crippen molar-refractivity contribution in [2.75, 3.05) is 0 Å². The number of carbonyl (C=O) groups excluding carboxylic acids is 2. The summed E-state index contributed by atoms with van der Waals surface area (Å²) >= 11 is 0. The Morgan fingerprint density at radius 2 is 1.59 bits per heavy atom. The number of amides is 2. The predicted molar refractivity (Wildman–Crippen MR) is 106 cm³/mol. The minimum atomic E-state index is -1.23. The molecule has 0 saturated carbocycles. The standard InChI is InChI=1S/C20H29N3O6/c1-3-12(2)17(21)19(27)22-14(9-10-16(24)25)18(26)23-15(20(28)29)11-13-7-5-4-6-8-13/h4-8,12,14-15,17H,3,9-11,21H2,1-2H3,(H,22,27)(H,23,26)(H,24,25)(H,28,29)/t12-,14-,15-,17-/m0/s1. The van der Waals surface area contributed by atoms with Crippen LogP contribution >= 0.6 is 0 Å². The third kappa shape index (κ3) is 8.30.